The maximum absolute atomic E-state index is 10.2. The summed E-state index contributed by atoms with van der Waals surface area (Å²) < 4.78 is 0. The zero-order valence-corrected chi connectivity index (χ0v) is 7.82. The van der Waals surface area contributed by atoms with Crippen molar-refractivity contribution in [2.45, 2.75) is 39.0 Å². The van der Waals surface area contributed by atoms with Gasteiger partial charge in [0.05, 0.1) is 0 Å². The van der Waals surface area contributed by atoms with Crippen molar-refractivity contribution >= 4 is 11.9 Å². The number of carboxylic acid groups (broad SMARTS) is 2. The van der Waals surface area contributed by atoms with Crippen molar-refractivity contribution in [3.05, 3.63) is 0 Å². The topological polar surface area (TPSA) is 74.6 Å². The molecule has 0 amide bonds. The fraction of sp³-hybridized carbons (Fsp3) is 0.778. The first kappa shape index (κ1) is 11.9. The quantitative estimate of drug-likeness (QED) is 0.638. The molecule has 0 rings (SSSR count). The third-order valence-electron chi connectivity index (χ3n) is 1.94. The Kier molecular flexibility index (Phi) is 5.93. The summed E-state index contributed by atoms with van der Waals surface area (Å²) in [4.78, 5) is 20.3. The Morgan fingerprint density at radius 1 is 1.08 bits per heavy atom. The fourth-order valence-electron chi connectivity index (χ4n) is 1.12. The van der Waals surface area contributed by atoms with Crippen molar-refractivity contribution in [1.29, 1.82) is 0 Å². The molecule has 0 unspecified atom stereocenters. The maximum Gasteiger partial charge on any atom is 0.303 e. The van der Waals surface area contributed by atoms with Crippen LogP contribution < -0.4 is 0 Å². The third kappa shape index (κ3) is 8.85. The molecule has 0 heterocycles. The van der Waals surface area contributed by atoms with Crippen molar-refractivity contribution in [3.63, 3.8) is 0 Å². The van der Waals surface area contributed by atoms with Gasteiger partial charge in [-0.3, -0.25) is 9.59 Å². The lowest BCUT2D eigenvalue weighted by Crippen LogP contribution is -2.02. The standard InChI is InChI=1S/C9H16O4/c1-7(5-6-9(12)13)3-2-4-8(10)11/h7H,2-6H2,1H3,(H,10,11)(H,12,13)/t7-/m1/s1. The second-order valence-electron chi connectivity index (χ2n) is 3.32. The van der Waals surface area contributed by atoms with Gasteiger partial charge in [0.2, 0.25) is 0 Å². The van der Waals surface area contributed by atoms with Gasteiger partial charge in [0, 0.05) is 12.8 Å². The summed E-state index contributed by atoms with van der Waals surface area (Å²) in [5.74, 6) is -1.27. The molecule has 0 aliphatic heterocycles. The predicted molar refractivity (Wildman–Crippen MR) is 47.5 cm³/mol. The van der Waals surface area contributed by atoms with E-state index in [1.807, 2.05) is 6.92 Å². The van der Waals surface area contributed by atoms with E-state index in [2.05, 4.69) is 0 Å². The van der Waals surface area contributed by atoms with Crippen LogP contribution in [0.15, 0.2) is 0 Å². The van der Waals surface area contributed by atoms with Crippen LogP contribution in [0.5, 0.6) is 0 Å². The molecule has 4 heteroatoms. The second kappa shape index (κ2) is 6.46. The molecule has 0 aromatic carbocycles. The summed E-state index contributed by atoms with van der Waals surface area (Å²) in [6.07, 6.45) is 2.41. The first-order valence-electron chi connectivity index (χ1n) is 4.46. The highest BCUT2D eigenvalue weighted by molar-refractivity contribution is 5.67. The molecule has 0 radical (unpaired) electrons. The van der Waals surface area contributed by atoms with E-state index in [9.17, 15) is 9.59 Å². The summed E-state index contributed by atoms with van der Waals surface area (Å²) in [7, 11) is 0. The molecule has 0 bridgehead atoms. The minimum absolute atomic E-state index is 0.175. The van der Waals surface area contributed by atoms with E-state index in [-0.39, 0.29) is 12.8 Å². The predicted octanol–water partition coefficient (Wildman–Crippen LogP) is 1.74. The molecule has 0 saturated carbocycles. The molecule has 0 aliphatic carbocycles. The van der Waals surface area contributed by atoms with E-state index in [0.29, 0.717) is 18.8 Å². The van der Waals surface area contributed by atoms with Gasteiger partial charge in [-0.1, -0.05) is 13.3 Å². The summed E-state index contributed by atoms with van der Waals surface area (Å²) in [5, 5.41) is 16.7. The van der Waals surface area contributed by atoms with Gasteiger partial charge in [0.25, 0.3) is 0 Å². The average molecular weight is 188 g/mol. The molecule has 0 aliphatic rings. The zero-order valence-electron chi connectivity index (χ0n) is 7.82. The van der Waals surface area contributed by atoms with Gasteiger partial charge < -0.3 is 10.2 Å². The van der Waals surface area contributed by atoms with Gasteiger partial charge in [-0.15, -0.1) is 0 Å². The Balaban J connectivity index is 3.35. The molecule has 76 valence electrons. The van der Waals surface area contributed by atoms with Crippen molar-refractivity contribution in [2.75, 3.05) is 0 Å². The van der Waals surface area contributed by atoms with Crippen molar-refractivity contribution in [3.8, 4) is 0 Å². The average Bonchev–Trinajstić information content (AvgIpc) is 2.00. The highest BCUT2D eigenvalue weighted by atomic mass is 16.4. The Hall–Kier alpha value is -1.06. The molecule has 0 fully saturated rings. The Bertz CT molecular complexity index is 176. The lowest BCUT2D eigenvalue weighted by atomic mass is 9.99. The van der Waals surface area contributed by atoms with Gasteiger partial charge >= 0.3 is 11.9 Å². The number of carbonyl (C=O) groups is 2. The summed E-state index contributed by atoms with van der Waals surface area (Å²) in [6.45, 7) is 1.95. The van der Waals surface area contributed by atoms with Gasteiger partial charge in [-0.05, 0) is 18.8 Å². The van der Waals surface area contributed by atoms with Gasteiger partial charge in [0.1, 0.15) is 0 Å². The van der Waals surface area contributed by atoms with E-state index in [1.54, 1.807) is 0 Å². The molecule has 4 nitrogen and oxygen atoms in total. The minimum Gasteiger partial charge on any atom is -0.481 e. The summed E-state index contributed by atoms with van der Waals surface area (Å²) in [6, 6.07) is 0. The number of carboxylic acids is 2. The normalized spacial score (nSPS) is 12.4. The maximum atomic E-state index is 10.2. The number of hydrogen-bond donors (Lipinski definition) is 2. The van der Waals surface area contributed by atoms with Gasteiger partial charge in [0.15, 0.2) is 0 Å². The Morgan fingerprint density at radius 2 is 1.62 bits per heavy atom. The van der Waals surface area contributed by atoms with Crippen LogP contribution in [0.4, 0.5) is 0 Å². The van der Waals surface area contributed by atoms with E-state index in [1.165, 1.54) is 0 Å². The fourth-order valence-corrected chi connectivity index (χ4v) is 1.12. The first-order chi connectivity index (χ1) is 6.02. The Labute approximate surface area is 77.6 Å². The van der Waals surface area contributed by atoms with Crippen LogP contribution in [0.2, 0.25) is 0 Å². The highest BCUT2D eigenvalue weighted by Gasteiger charge is 2.06. The lowest BCUT2D eigenvalue weighted by molar-refractivity contribution is -0.138. The van der Waals surface area contributed by atoms with E-state index in [4.69, 9.17) is 10.2 Å². The summed E-state index contributed by atoms with van der Waals surface area (Å²) >= 11 is 0. The molecular formula is C9H16O4. The smallest absolute Gasteiger partial charge is 0.303 e. The number of aliphatic carboxylic acids is 2. The van der Waals surface area contributed by atoms with E-state index >= 15 is 0 Å². The molecule has 0 spiro atoms. The van der Waals surface area contributed by atoms with Crippen LogP contribution in [0.3, 0.4) is 0 Å². The van der Waals surface area contributed by atoms with Crippen LogP contribution >= 0.6 is 0 Å². The van der Waals surface area contributed by atoms with Crippen LogP contribution in [-0.2, 0) is 9.59 Å². The zero-order chi connectivity index (χ0) is 10.3. The second-order valence-corrected chi connectivity index (χ2v) is 3.32. The van der Waals surface area contributed by atoms with Gasteiger partial charge in [-0.2, -0.15) is 0 Å². The molecule has 2 N–H and O–H groups in total. The molecule has 1 atom stereocenters. The van der Waals surface area contributed by atoms with Crippen molar-refractivity contribution in [2.24, 2.45) is 5.92 Å². The highest BCUT2D eigenvalue weighted by Crippen LogP contribution is 2.13. The van der Waals surface area contributed by atoms with Crippen molar-refractivity contribution in [1.82, 2.24) is 0 Å². The van der Waals surface area contributed by atoms with Gasteiger partial charge in [-0.25, -0.2) is 0 Å². The van der Waals surface area contributed by atoms with E-state index in [0.717, 1.165) is 6.42 Å². The summed E-state index contributed by atoms with van der Waals surface area (Å²) in [5.41, 5.74) is 0. The van der Waals surface area contributed by atoms with Crippen LogP contribution in [0.25, 0.3) is 0 Å². The van der Waals surface area contributed by atoms with Crippen molar-refractivity contribution < 1.29 is 19.8 Å². The minimum atomic E-state index is -0.787. The first-order valence-corrected chi connectivity index (χ1v) is 4.46. The molecular weight excluding hydrogens is 172 g/mol. The molecule has 0 aromatic heterocycles. The lowest BCUT2D eigenvalue weighted by Gasteiger charge is -2.07. The third-order valence-corrected chi connectivity index (χ3v) is 1.94. The van der Waals surface area contributed by atoms with Crippen LogP contribution in [0.1, 0.15) is 39.0 Å². The van der Waals surface area contributed by atoms with E-state index < -0.39 is 11.9 Å². The number of hydrogen-bond acceptors (Lipinski definition) is 2. The number of rotatable bonds is 7. The SMILES string of the molecule is C[C@H](CCCC(=O)O)CCC(=O)O. The largest absolute Gasteiger partial charge is 0.481 e. The molecule has 0 saturated heterocycles. The molecule has 0 aromatic rings. The Morgan fingerprint density at radius 3 is 2.08 bits per heavy atom. The van der Waals surface area contributed by atoms with Crippen LogP contribution in [0, 0.1) is 5.92 Å². The molecule has 13 heavy (non-hydrogen) atoms. The van der Waals surface area contributed by atoms with Crippen LogP contribution in [-0.4, -0.2) is 22.2 Å². The monoisotopic (exact) mass is 188 g/mol.